The molecular weight excluding hydrogens is 539 g/mol. The highest BCUT2D eigenvalue weighted by atomic mass is 79.9. The standard InChI is InChI=1S/C26H23BrClFN2O4/c1-34-24-9-17(20(27)11-25(24)35-14-15-6-7-18(29)10-21(15)28)13-31-23(26(32)33)8-16-12-30-22-5-3-2-4-19(16)22/h2-7,9-12,23,30-31H,8,13-14H2,1H3,(H,32,33). The van der Waals surface area contributed by atoms with Crippen LogP contribution in [0.25, 0.3) is 10.9 Å². The monoisotopic (exact) mass is 560 g/mol. The summed E-state index contributed by atoms with van der Waals surface area (Å²) in [5.74, 6) is -0.404. The maximum atomic E-state index is 13.3. The fourth-order valence-corrected chi connectivity index (χ4v) is 4.46. The first-order chi connectivity index (χ1) is 16.9. The number of H-pyrrole nitrogens is 1. The number of ether oxygens (including phenoxy) is 2. The summed E-state index contributed by atoms with van der Waals surface area (Å²) >= 11 is 9.62. The molecule has 3 aromatic carbocycles. The van der Waals surface area contributed by atoms with Gasteiger partial charge in [0, 0.05) is 40.1 Å². The van der Waals surface area contributed by atoms with Gasteiger partial charge >= 0.3 is 5.97 Å². The molecule has 0 fully saturated rings. The Morgan fingerprint density at radius 2 is 1.94 bits per heavy atom. The van der Waals surface area contributed by atoms with Gasteiger partial charge in [-0.05, 0) is 41.5 Å². The molecule has 1 unspecified atom stereocenters. The third-order valence-corrected chi connectivity index (χ3v) is 6.76. The number of fused-ring (bicyclic) bond motifs is 1. The molecule has 0 spiro atoms. The van der Waals surface area contributed by atoms with Gasteiger partial charge in [0.1, 0.15) is 18.5 Å². The molecule has 35 heavy (non-hydrogen) atoms. The number of carboxylic acid groups (broad SMARTS) is 1. The van der Waals surface area contributed by atoms with Crippen LogP contribution in [0.5, 0.6) is 11.5 Å². The lowest BCUT2D eigenvalue weighted by molar-refractivity contribution is -0.139. The van der Waals surface area contributed by atoms with E-state index in [0.29, 0.717) is 30.0 Å². The Balaban J connectivity index is 1.46. The summed E-state index contributed by atoms with van der Waals surface area (Å²) in [6.45, 7) is 0.422. The summed E-state index contributed by atoms with van der Waals surface area (Å²) in [7, 11) is 1.52. The van der Waals surface area contributed by atoms with Crippen molar-refractivity contribution in [2.75, 3.05) is 7.11 Å². The zero-order valence-electron chi connectivity index (χ0n) is 18.8. The molecule has 6 nitrogen and oxygen atoms in total. The van der Waals surface area contributed by atoms with E-state index in [0.717, 1.165) is 26.5 Å². The Bertz CT molecular complexity index is 1360. The van der Waals surface area contributed by atoms with Crippen molar-refractivity contribution in [3.8, 4) is 11.5 Å². The molecule has 0 radical (unpaired) electrons. The first-order valence-corrected chi connectivity index (χ1v) is 12.0. The fraction of sp³-hybridized carbons (Fsp3) is 0.192. The van der Waals surface area contributed by atoms with E-state index in [4.69, 9.17) is 21.1 Å². The second-order valence-corrected chi connectivity index (χ2v) is 9.22. The summed E-state index contributed by atoms with van der Waals surface area (Å²) in [5, 5.41) is 14.2. The summed E-state index contributed by atoms with van der Waals surface area (Å²) < 4.78 is 25.4. The molecule has 1 aromatic heterocycles. The van der Waals surface area contributed by atoms with E-state index in [-0.39, 0.29) is 11.6 Å². The van der Waals surface area contributed by atoms with E-state index in [1.54, 1.807) is 18.2 Å². The van der Waals surface area contributed by atoms with Crippen molar-refractivity contribution in [1.82, 2.24) is 10.3 Å². The Morgan fingerprint density at radius 3 is 2.69 bits per heavy atom. The molecule has 0 aliphatic carbocycles. The molecule has 0 amide bonds. The number of aliphatic carboxylic acids is 1. The number of methoxy groups -OCH3 is 1. The van der Waals surface area contributed by atoms with Crippen LogP contribution in [0.2, 0.25) is 5.02 Å². The molecular formula is C26H23BrClFN2O4. The van der Waals surface area contributed by atoms with Crippen LogP contribution in [-0.2, 0) is 24.4 Å². The third-order valence-electron chi connectivity index (χ3n) is 5.67. The number of carboxylic acids is 1. The quantitative estimate of drug-likeness (QED) is 0.218. The largest absolute Gasteiger partial charge is 0.493 e. The maximum absolute atomic E-state index is 13.3. The Hall–Kier alpha value is -3.07. The molecule has 4 aromatic rings. The number of hydrogen-bond donors (Lipinski definition) is 3. The molecule has 4 rings (SSSR count). The first kappa shape index (κ1) is 25.0. The molecule has 1 atom stereocenters. The van der Waals surface area contributed by atoms with E-state index in [1.807, 2.05) is 30.5 Å². The van der Waals surface area contributed by atoms with E-state index in [9.17, 15) is 14.3 Å². The second-order valence-electron chi connectivity index (χ2n) is 7.95. The van der Waals surface area contributed by atoms with Crippen molar-refractivity contribution in [2.45, 2.75) is 25.6 Å². The minimum Gasteiger partial charge on any atom is -0.493 e. The van der Waals surface area contributed by atoms with Crippen LogP contribution in [0.1, 0.15) is 16.7 Å². The van der Waals surface area contributed by atoms with E-state index < -0.39 is 17.8 Å². The van der Waals surface area contributed by atoms with Gasteiger partial charge in [-0.1, -0.05) is 51.8 Å². The number of hydrogen-bond acceptors (Lipinski definition) is 4. The summed E-state index contributed by atoms with van der Waals surface area (Å²) in [6.07, 6.45) is 2.18. The zero-order valence-corrected chi connectivity index (χ0v) is 21.1. The molecule has 0 aliphatic rings. The molecule has 0 aliphatic heterocycles. The predicted molar refractivity (Wildman–Crippen MR) is 137 cm³/mol. The molecule has 182 valence electrons. The zero-order chi connectivity index (χ0) is 24.9. The lowest BCUT2D eigenvalue weighted by atomic mass is 10.0. The fourth-order valence-electron chi connectivity index (χ4n) is 3.78. The minimum atomic E-state index is -0.936. The highest BCUT2D eigenvalue weighted by Gasteiger charge is 2.20. The number of benzene rings is 3. The maximum Gasteiger partial charge on any atom is 0.321 e. The summed E-state index contributed by atoms with van der Waals surface area (Å²) in [4.78, 5) is 15.1. The van der Waals surface area contributed by atoms with Crippen LogP contribution in [-0.4, -0.2) is 29.2 Å². The number of carbonyl (C=O) groups is 1. The van der Waals surface area contributed by atoms with E-state index >= 15 is 0 Å². The first-order valence-electron chi connectivity index (χ1n) is 10.8. The predicted octanol–water partition coefficient (Wildman–Crippen LogP) is 6.10. The van der Waals surface area contributed by atoms with Crippen molar-refractivity contribution >= 4 is 44.4 Å². The topological polar surface area (TPSA) is 83.6 Å². The molecule has 0 saturated carbocycles. The molecule has 0 bridgehead atoms. The average molecular weight is 562 g/mol. The minimum absolute atomic E-state index is 0.130. The number of aromatic amines is 1. The van der Waals surface area contributed by atoms with Gasteiger partial charge in [-0.25, -0.2) is 4.39 Å². The van der Waals surface area contributed by atoms with E-state index in [1.165, 1.54) is 19.2 Å². The SMILES string of the molecule is COc1cc(CNC(Cc2c[nH]c3ccccc23)C(=O)O)c(Br)cc1OCc1ccc(F)cc1Cl. The van der Waals surface area contributed by atoms with Gasteiger partial charge in [0.15, 0.2) is 11.5 Å². The molecule has 3 N–H and O–H groups in total. The van der Waals surface area contributed by atoms with Crippen LogP contribution in [0.4, 0.5) is 4.39 Å². The van der Waals surface area contributed by atoms with Crippen molar-refractivity contribution in [1.29, 1.82) is 0 Å². The van der Waals surface area contributed by atoms with Gasteiger partial charge in [-0.15, -0.1) is 0 Å². The van der Waals surface area contributed by atoms with Gasteiger partial charge in [0.05, 0.1) is 12.1 Å². The third kappa shape index (κ3) is 5.96. The number of para-hydroxylation sites is 1. The van der Waals surface area contributed by atoms with Gasteiger partial charge in [0.2, 0.25) is 0 Å². The van der Waals surface area contributed by atoms with Gasteiger partial charge in [-0.2, -0.15) is 0 Å². The molecule has 0 saturated heterocycles. The van der Waals surface area contributed by atoms with E-state index in [2.05, 4.69) is 26.2 Å². The van der Waals surface area contributed by atoms with Gasteiger partial charge in [-0.3, -0.25) is 10.1 Å². The summed E-state index contributed by atoms with van der Waals surface area (Å²) in [5.41, 5.74) is 3.34. The number of halogens is 3. The Morgan fingerprint density at radius 1 is 1.14 bits per heavy atom. The van der Waals surface area contributed by atoms with Crippen LogP contribution < -0.4 is 14.8 Å². The smallest absolute Gasteiger partial charge is 0.321 e. The van der Waals surface area contributed by atoms with Crippen molar-refractivity contribution in [3.05, 3.63) is 92.8 Å². The average Bonchev–Trinajstić information content (AvgIpc) is 3.24. The lowest BCUT2D eigenvalue weighted by Gasteiger charge is -2.17. The Kier molecular flexibility index (Phi) is 7.95. The number of aromatic nitrogens is 1. The Labute approximate surface area is 215 Å². The molecule has 1 heterocycles. The molecule has 9 heteroatoms. The van der Waals surface area contributed by atoms with Crippen molar-refractivity contribution < 1.29 is 23.8 Å². The number of nitrogens with one attached hydrogen (secondary N) is 2. The lowest BCUT2D eigenvalue weighted by Crippen LogP contribution is -2.38. The van der Waals surface area contributed by atoms with Gasteiger partial charge < -0.3 is 19.6 Å². The second kappa shape index (κ2) is 11.1. The van der Waals surface area contributed by atoms with Crippen molar-refractivity contribution in [3.63, 3.8) is 0 Å². The van der Waals surface area contributed by atoms with Crippen LogP contribution >= 0.6 is 27.5 Å². The normalized spacial score (nSPS) is 12.0. The van der Waals surface area contributed by atoms with Crippen molar-refractivity contribution in [2.24, 2.45) is 0 Å². The summed E-state index contributed by atoms with van der Waals surface area (Å²) in [6, 6.07) is 14.7. The highest BCUT2D eigenvalue weighted by Crippen LogP contribution is 2.34. The van der Waals surface area contributed by atoms with Crippen LogP contribution in [0, 0.1) is 5.82 Å². The van der Waals surface area contributed by atoms with Gasteiger partial charge in [0.25, 0.3) is 0 Å². The highest BCUT2D eigenvalue weighted by molar-refractivity contribution is 9.10. The van der Waals surface area contributed by atoms with Crippen LogP contribution in [0.3, 0.4) is 0 Å². The number of rotatable bonds is 10. The van der Waals surface area contributed by atoms with Crippen LogP contribution in [0.15, 0.2) is 65.3 Å².